The molecule has 1 atom stereocenters. The lowest BCUT2D eigenvalue weighted by atomic mass is 9.80. The summed E-state index contributed by atoms with van der Waals surface area (Å²) in [5, 5.41) is 10.2. The molecule has 1 aromatic heterocycles. The Bertz CT molecular complexity index is 452. The average molecular weight is 279 g/mol. The monoisotopic (exact) mass is 279 g/mol. The van der Waals surface area contributed by atoms with Crippen molar-refractivity contribution in [3.8, 4) is 0 Å². The first kappa shape index (κ1) is 15.0. The van der Waals surface area contributed by atoms with Crippen molar-refractivity contribution in [2.24, 2.45) is 5.92 Å². The highest BCUT2D eigenvalue weighted by molar-refractivity contribution is 5.78. The quantitative estimate of drug-likeness (QED) is 0.835. The second-order valence-corrected chi connectivity index (χ2v) is 5.98. The summed E-state index contributed by atoms with van der Waals surface area (Å²) >= 11 is 0. The zero-order chi connectivity index (χ0) is 14.8. The number of carbonyl (C=O) groups excluding carboxylic acids is 1. The summed E-state index contributed by atoms with van der Waals surface area (Å²) in [7, 11) is 1.73. The average Bonchev–Trinajstić information content (AvgIpc) is 2.69. The third-order valence-electron chi connectivity index (χ3n) is 4.52. The summed E-state index contributed by atoms with van der Waals surface area (Å²) in [6, 6.07) is 0. The molecule has 1 aliphatic rings. The molecule has 20 heavy (non-hydrogen) atoms. The van der Waals surface area contributed by atoms with Gasteiger partial charge in [-0.3, -0.25) is 9.89 Å². The number of hydrogen-bond donors (Lipinski definition) is 2. The molecule has 0 aromatic carbocycles. The third-order valence-corrected chi connectivity index (χ3v) is 4.52. The van der Waals surface area contributed by atoms with Gasteiger partial charge in [0.05, 0.1) is 11.3 Å². The highest BCUT2D eigenvalue weighted by Gasteiger charge is 2.37. The lowest BCUT2D eigenvalue weighted by Gasteiger charge is -2.40. The number of rotatable bonds is 6. The Balaban J connectivity index is 1.86. The molecule has 5 nitrogen and oxygen atoms in total. The Hall–Kier alpha value is -1.36. The second kappa shape index (κ2) is 5.95. The van der Waals surface area contributed by atoms with Gasteiger partial charge in [0.2, 0.25) is 5.91 Å². The zero-order valence-electron chi connectivity index (χ0n) is 12.9. The molecule has 0 spiro atoms. The molecule has 1 amide bonds. The molecular weight excluding hydrogens is 254 g/mol. The van der Waals surface area contributed by atoms with E-state index in [2.05, 4.69) is 15.5 Å². The van der Waals surface area contributed by atoms with Crippen molar-refractivity contribution in [1.29, 1.82) is 0 Å². The molecule has 0 radical (unpaired) electrons. The molecule has 1 unspecified atom stereocenters. The van der Waals surface area contributed by atoms with Gasteiger partial charge >= 0.3 is 0 Å². The van der Waals surface area contributed by atoms with Crippen LogP contribution >= 0.6 is 0 Å². The van der Waals surface area contributed by atoms with Crippen LogP contribution in [0, 0.1) is 19.8 Å². The lowest BCUT2D eigenvalue weighted by molar-refractivity contribution is -0.128. The molecule has 1 aliphatic carbocycles. The Morgan fingerprint density at radius 1 is 1.50 bits per heavy atom. The van der Waals surface area contributed by atoms with Crippen molar-refractivity contribution in [2.45, 2.75) is 52.1 Å². The predicted octanol–water partition coefficient (Wildman–Crippen LogP) is 1.89. The van der Waals surface area contributed by atoms with E-state index in [-0.39, 0.29) is 17.4 Å². The number of carbonyl (C=O) groups is 1. The molecule has 2 rings (SSSR count). The van der Waals surface area contributed by atoms with Gasteiger partial charge in [0.25, 0.3) is 0 Å². The van der Waals surface area contributed by atoms with Crippen LogP contribution in [0.1, 0.15) is 43.1 Å². The van der Waals surface area contributed by atoms with E-state index in [0.29, 0.717) is 6.54 Å². The van der Waals surface area contributed by atoms with Crippen LogP contribution in [-0.4, -0.2) is 35.4 Å². The van der Waals surface area contributed by atoms with Gasteiger partial charge in [-0.1, -0.05) is 6.92 Å². The van der Waals surface area contributed by atoms with Crippen LogP contribution in [0.2, 0.25) is 0 Å². The number of aromatic nitrogens is 2. The molecule has 0 bridgehead atoms. The Labute approximate surface area is 120 Å². The lowest BCUT2D eigenvalue weighted by Crippen LogP contribution is -2.50. The fraction of sp³-hybridized carbons (Fsp3) is 0.733. The summed E-state index contributed by atoms with van der Waals surface area (Å²) in [6.07, 6.45) is 3.99. The van der Waals surface area contributed by atoms with Crippen LogP contribution in [-0.2, 0) is 16.0 Å². The molecule has 1 fully saturated rings. The topological polar surface area (TPSA) is 67.0 Å². The molecule has 5 heteroatoms. The molecule has 2 N–H and O–H groups in total. The standard InChI is InChI=1S/C15H25N3O2/c1-10(8-13-11(2)17-18-12(13)3)14(19)16-9-15(20-4)6-5-7-15/h10H,5-9H2,1-4H3,(H,16,19)(H,17,18). The summed E-state index contributed by atoms with van der Waals surface area (Å²) in [4.78, 5) is 12.2. The molecule has 112 valence electrons. The van der Waals surface area contributed by atoms with Crippen molar-refractivity contribution in [2.75, 3.05) is 13.7 Å². The maximum absolute atomic E-state index is 12.2. The van der Waals surface area contributed by atoms with Gasteiger partial charge in [-0.2, -0.15) is 5.10 Å². The predicted molar refractivity (Wildman–Crippen MR) is 77.5 cm³/mol. The first-order chi connectivity index (χ1) is 9.47. The van der Waals surface area contributed by atoms with Crippen molar-refractivity contribution >= 4 is 5.91 Å². The van der Waals surface area contributed by atoms with Crippen molar-refractivity contribution < 1.29 is 9.53 Å². The van der Waals surface area contributed by atoms with Gasteiger partial charge in [-0.15, -0.1) is 0 Å². The number of aromatic amines is 1. The summed E-state index contributed by atoms with van der Waals surface area (Å²) in [5.41, 5.74) is 3.07. The van der Waals surface area contributed by atoms with Crippen molar-refractivity contribution in [3.63, 3.8) is 0 Å². The number of aryl methyl sites for hydroxylation is 2. The van der Waals surface area contributed by atoms with Crippen molar-refractivity contribution in [1.82, 2.24) is 15.5 Å². The fourth-order valence-electron chi connectivity index (χ4n) is 2.72. The minimum Gasteiger partial charge on any atom is -0.376 e. The first-order valence-electron chi connectivity index (χ1n) is 7.31. The molecule has 1 saturated carbocycles. The van der Waals surface area contributed by atoms with E-state index in [1.54, 1.807) is 7.11 Å². The number of amides is 1. The maximum atomic E-state index is 12.2. The number of nitrogens with zero attached hydrogens (tertiary/aromatic N) is 1. The summed E-state index contributed by atoms with van der Waals surface area (Å²) < 4.78 is 5.52. The third kappa shape index (κ3) is 3.03. The number of ether oxygens (including phenoxy) is 1. The van der Waals surface area contributed by atoms with Gasteiger partial charge in [0, 0.05) is 25.3 Å². The van der Waals surface area contributed by atoms with Crippen LogP contribution in [0.4, 0.5) is 0 Å². The maximum Gasteiger partial charge on any atom is 0.223 e. The number of hydrogen-bond acceptors (Lipinski definition) is 3. The van der Waals surface area contributed by atoms with E-state index >= 15 is 0 Å². The largest absolute Gasteiger partial charge is 0.376 e. The van der Waals surface area contributed by atoms with E-state index in [0.717, 1.165) is 36.2 Å². The van der Waals surface area contributed by atoms with Crippen LogP contribution < -0.4 is 5.32 Å². The summed E-state index contributed by atoms with van der Waals surface area (Å²) in [6.45, 7) is 6.55. The van der Waals surface area contributed by atoms with Crippen LogP contribution in [0.3, 0.4) is 0 Å². The normalized spacial score (nSPS) is 18.4. The van der Waals surface area contributed by atoms with E-state index in [1.165, 1.54) is 6.42 Å². The molecular formula is C15H25N3O2. The fourth-order valence-corrected chi connectivity index (χ4v) is 2.72. The van der Waals surface area contributed by atoms with Crippen molar-refractivity contribution in [3.05, 3.63) is 17.0 Å². The second-order valence-electron chi connectivity index (χ2n) is 5.98. The van der Waals surface area contributed by atoms with Gasteiger partial charge in [0.1, 0.15) is 0 Å². The Morgan fingerprint density at radius 3 is 2.65 bits per heavy atom. The Kier molecular flexibility index (Phi) is 4.48. The molecule has 0 aliphatic heterocycles. The van der Waals surface area contributed by atoms with E-state index in [4.69, 9.17) is 4.74 Å². The zero-order valence-corrected chi connectivity index (χ0v) is 12.9. The Morgan fingerprint density at radius 2 is 2.20 bits per heavy atom. The van der Waals surface area contributed by atoms with Crippen LogP contribution in [0.15, 0.2) is 0 Å². The minimum atomic E-state index is -0.114. The van der Waals surface area contributed by atoms with E-state index in [9.17, 15) is 4.79 Å². The van der Waals surface area contributed by atoms with Gasteiger partial charge < -0.3 is 10.1 Å². The first-order valence-corrected chi connectivity index (χ1v) is 7.31. The minimum absolute atomic E-state index is 0.0565. The van der Waals surface area contributed by atoms with Gasteiger partial charge in [-0.25, -0.2) is 0 Å². The SMILES string of the molecule is COC1(CNC(=O)C(C)Cc2c(C)n[nH]c2C)CCC1. The molecule has 1 heterocycles. The van der Waals surface area contributed by atoms with Crippen LogP contribution in [0.5, 0.6) is 0 Å². The molecule has 0 saturated heterocycles. The van der Waals surface area contributed by atoms with Crippen LogP contribution in [0.25, 0.3) is 0 Å². The van der Waals surface area contributed by atoms with E-state index < -0.39 is 0 Å². The van der Waals surface area contributed by atoms with E-state index in [1.807, 2.05) is 20.8 Å². The highest BCUT2D eigenvalue weighted by atomic mass is 16.5. The summed E-state index contributed by atoms with van der Waals surface area (Å²) in [5.74, 6) is 0.0345. The van der Waals surface area contributed by atoms with Gasteiger partial charge in [0.15, 0.2) is 0 Å². The number of H-pyrrole nitrogens is 1. The number of nitrogens with one attached hydrogen (secondary N) is 2. The molecule has 1 aromatic rings. The highest BCUT2D eigenvalue weighted by Crippen LogP contribution is 2.34. The van der Waals surface area contributed by atoms with Gasteiger partial charge in [-0.05, 0) is 45.1 Å². The number of methoxy groups -OCH3 is 1. The smallest absolute Gasteiger partial charge is 0.223 e.